The predicted molar refractivity (Wildman–Crippen MR) is 172 cm³/mol. The summed E-state index contributed by atoms with van der Waals surface area (Å²) >= 11 is 0. The fourth-order valence-corrected chi connectivity index (χ4v) is 6.05. The summed E-state index contributed by atoms with van der Waals surface area (Å²) in [5.41, 5.74) is 10.0. The molecular weight excluding hydrogens is 496 g/mol. The molecule has 2 heteroatoms. The van der Waals surface area contributed by atoms with Gasteiger partial charge in [0.1, 0.15) is 0 Å². The molecule has 0 N–H and O–H groups in total. The van der Waals surface area contributed by atoms with E-state index in [1.807, 2.05) is 12.1 Å². The van der Waals surface area contributed by atoms with Gasteiger partial charge in [-0.15, -0.1) is 0 Å². The lowest BCUT2D eigenvalue weighted by molar-refractivity contribution is 1.18. The maximum absolute atomic E-state index is 5.08. The van der Waals surface area contributed by atoms with E-state index in [9.17, 15) is 0 Å². The first-order valence-corrected chi connectivity index (χ1v) is 14.0. The lowest BCUT2D eigenvalue weighted by atomic mass is 9.99. The Morgan fingerprint density at radius 2 is 1.00 bits per heavy atom. The second-order valence-electron chi connectivity index (χ2n) is 10.4. The van der Waals surface area contributed by atoms with Crippen molar-refractivity contribution in [2.24, 2.45) is 0 Å². The highest BCUT2D eigenvalue weighted by Crippen LogP contribution is 2.38. The number of pyridine rings is 1. The van der Waals surface area contributed by atoms with Crippen molar-refractivity contribution in [2.45, 2.75) is 0 Å². The Morgan fingerprint density at radius 3 is 1.73 bits per heavy atom. The van der Waals surface area contributed by atoms with Gasteiger partial charge in [-0.25, -0.2) is 4.98 Å². The van der Waals surface area contributed by atoms with Gasteiger partial charge in [-0.1, -0.05) is 121 Å². The number of nitrogens with zero attached hydrogens (tertiary/aromatic N) is 2. The Labute approximate surface area is 238 Å². The van der Waals surface area contributed by atoms with Crippen LogP contribution < -0.4 is 0 Å². The predicted octanol–water partition coefficient (Wildman–Crippen LogP) is 10.3. The highest BCUT2D eigenvalue weighted by Gasteiger charge is 2.15. The summed E-state index contributed by atoms with van der Waals surface area (Å²) in [5, 5.41) is 5.11. The maximum atomic E-state index is 5.08. The number of para-hydroxylation sites is 1. The molecule has 6 aromatic carbocycles. The summed E-state index contributed by atoms with van der Waals surface area (Å²) in [6.07, 6.45) is 0. The van der Waals surface area contributed by atoms with E-state index >= 15 is 0 Å². The van der Waals surface area contributed by atoms with E-state index in [2.05, 4.69) is 150 Å². The molecule has 0 spiro atoms. The number of aromatic nitrogens is 2. The van der Waals surface area contributed by atoms with Crippen molar-refractivity contribution in [3.8, 4) is 39.3 Å². The normalized spacial score (nSPS) is 11.4. The van der Waals surface area contributed by atoms with Crippen molar-refractivity contribution < 1.29 is 0 Å². The first kappa shape index (κ1) is 23.4. The number of rotatable bonds is 4. The Morgan fingerprint density at radius 1 is 0.390 bits per heavy atom. The highest BCUT2D eigenvalue weighted by molar-refractivity contribution is 6.21. The van der Waals surface area contributed by atoms with Crippen LogP contribution in [0.5, 0.6) is 0 Å². The molecule has 0 aliphatic heterocycles. The van der Waals surface area contributed by atoms with Gasteiger partial charge in [-0.05, 0) is 58.3 Å². The topological polar surface area (TPSA) is 17.8 Å². The average Bonchev–Trinajstić information content (AvgIpc) is 3.40. The van der Waals surface area contributed by atoms with Crippen molar-refractivity contribution in [3.63, 3.8) is 0 Å². The Kier molecular flexibility index (Phi) is 5.49. The average molecular weight is 523 g/mol. The monoisotopic (exact) mass is 522 g/mol. The van der Waals surface area contributed by atoms with Crippen LogP contribution >= 0.6 is 0 Å². The van der Waals surface area contributed by atoms with E-state index in [0.29, 0.717) is 0 Å². The van der Waals surface area contributed by atoms with E-state index in [4.69, 9.17) is 4.98 Å². The first-order chi connectivity index (χ1) is 20.3. The number of hydrogen-bond acceptors (Lipinski definition) is 1. The van der Waals surface area contributed by atoms with Gasteiger partial charge in [0.15, 0.2) is 0 Å². The minimum absolute atomic E-state index is 0.968. The molecule has 0 radical (unpaired) electrons. The maximum Gasteiger partial charge on any atom is 0.0715 e. The molecule has 0 amide bonds. The van der Waals surface area contributed by atoms with Gasteiger partial charge in [-0.2, -0.15) is 0 Å². The van der Waals surface area contributed by atoms with Crippen LogP contribution in [0.2, 0.25) is 0 Å². The van der Waals surface area contributed by atoms with Crippen molar-refractivity contribution in [2.75, 3.05) is 0 Å². The van der Waals surface area contributed by atoms with Gasteiger partial charge in [-0.3, -0.25) is 0 Å². The fraction of sp³-hybridized carbons (Fsp3) is 0. The minimum atomic E-state index is 0.968. The minimum Gasteiger partial charge on any atom is -0.309 e. The van der Waals surface area contributed by atoms with Crippen LogP contribution in [0.15, 0.2) is 158 Å². The third-order valence-corrected chi connectivity index (χ3v) is 7.96. The van der Waals surface area contributed by atoms with Crippen LogP contribution in [-0.4, -0.2) is 9.55 Å². The molecule has 2 heterocycles. The molecule has 2 aromatic heterocycles. The van der Waals surface area contributed by atoms with Crippen LogP contribution in [0.4, 0.5) is 0 Å². The number of hydrogen-bond donors (Lipinski definition) is 0. The molecule has 41 heavy (non-hydrogen) atoms. The summed E-state index contributed by atoms with van der Waals surface area (Å²) in [5.74, 6) is 0. The molecule has 0 saturated heterocycles. The number of fused-ring (bicyclic) bond motifs is 5. The van der Waals surface area contributed by atoms with Crippen molar-refractivity contribution >= 4 is 32.6 Å². The second-order valence-corrected chi connectivity index (χ2v) is 10.4. The molecule has 0 aliphatic rings. The molecule has 0 unspecified atom stereocenters. The molecule has 0 atom stereocenters. The molecule has 0 fully saturated rings. The van der Waals surface area contributed by atoms with Crippen LogP contribution in [0.25, 0.3) is 71.9 Å². The van der Waals surface area contributed by atoms with E-state index in [1.54, 1.807) is 0 Å². The summed E-state index contributed by atoms with van der Waals surface area (Å²) in [7, 11) is 0. The van der Waals surface area contributed by atoms with E-state index in [-0.39, 0.29) is 0 Å². The van der Waals surface area contributed by atoms with Crippen LogP contribution in [-0.2, 0) is 0 Å². The van der Waals surface area contributed by atoms with E-state index < -0.39 is 0 Å². The lowest BCUT2D eigenvalue weighted by Crippen LogP contribution is -1.95. The molecule has 2 nitrogen and oxygen atoms in total. The number of benzene rings is 6. The molecule has 0 saturated carbocycles. The van der Waals surface area contributed by atoms with Gasteiger partial charge >= 0.3 is 0 Å². The van der Waals surface area contributed by atoms with E-state index in [1.165, 1.54) is 32.6 Å². The largest absolute Gasteiger partial charge is 0.309 e. The summed E-state index contributed by atoms with van der Waals surface area (Å²) < 4.78 is 2.40. The van der Waals surface area contributed by atoms with Gasteiger partial charge in [0.25, 0.3) is 0 Å². The Balaban J connectivity index is 1.35. The third-order valence-electron chi connectivity index (χ3n) is 7.96. The van der Waals surface area contributed by atoms with Gasteiger partial charge in [0.2, 0.25) is 0 Å². The van der Waals surface area contributed by atoms with Gasteiger partial charge in [0.05, 0.1) is 22.4 Å². The van der Waals surface area contributed by atoms with Crippen molar-refractivity contribution in [1.82, 2.24) is 9.55 Å². The van der Waals surface area contributed by atoms with Crippen LogP contribution in [0.1, 0.15) is 0 Å². The molecule has 8 aromatic rings. The van der Waals surface area contributed by atoms with Crippen LogP contribution in [0, 0.1) is 0 Å². The standard InChI is InChI=1S/C39H26N2/c1-3-13-28(14-4-1)35-25-31(26-36(40-35)29-15-5-2-6-16-29)30-17-11-18-32(24-30)41-37-21-10-9-20-34(37)39-33-19-8-7-12-27(33)22-23-38(39)41/h1-26H. The van der Waals surface area contributed by atoms with Crippen LogP contribution in [0.3, 0.4) is 0 Å². The Hall–Kier alpha value is -5.47. The summed E-state index contributed by atoms with van der Waals surface area (Å²) in [6.45, 7) is 0. The molecule has 192 valence electrons. The van der Waals surface area contributed by atoms with Crippen molar-refractivity contribution in [1.29, 1.82) is 0 Å². The zero-order valence-corrected chi connectivity index (χ0v) is 22.4. The lowest BCUT2D eigenvalue weighted by Gasteiger charge is -2.13. The third kappa shape index (κ3) is 4.00. The first-order valence-electron chi connectivity index (χ1n) is 14.0. The SMILES string of the molecule is c1ccc(-c2cc(-c3cccc(-n4c5ccccc5c5c6ccccc6ccc54)c3)cc(-c3ccccc3)n2)cc1. The van der Waals surface area contributed by atoms with Gasteiger partial charge in [0, 0.05) is 27.6 Å². The quantitative estimate of drug-likeness (QED) is 0.225. The zero-order valence-electron chi connectivity index (χ0n) is 22.4. The summed E-state index contributed by atoms with van der Waals surface area (Å²) in [6, 6.07) is 56.1. The molecule has 0 bridgehead atoms. The molecule has 0 aliphatic carbocycles. The van der Waals surface area contributed by atoms with Gasteiger partial charge < -0.3 is 4.57 Å². The fourth-order valence-electron chi connectivity index (χ4n) is 6.05. The highest BCUT2D eigenvalue weighted by atomic mass is 15.0. The van der Waals surface area contributed by atoms with E-state index in [0.717, 1.165) is 39.3 Å². The molecule has 8 rings (SSSR count). The second kappa shape index (κ2) is 9.62. The Bertz CT molecular complexity index is 2130. The zero-order chi connectivity index (χ0) is 27.2. The smallest absolute Gasteiger partial charge is 0.0715 e. The molecular formula is C39H26N2. The summed E-state index contributed by atoms with van der Waals surface area (Å²) in [4.78, 5) is 5.08. The van der Waals surface area contributed by atoms with Crippen molar-refractivity contribution in [3.05, 3.63) is 158 Å².